The molecule has 116 valence electrons. The fourth-order valence-electron chi connectivity index (χ4n) is 2.15. The molecule has 1 rings (SSSR count). The van der Waals surface area contributed by atoms with Crippen LogP contribution in [0.4, 0.5) is 4.39 Å². The fourth-order valence-corrected chi connectivity index (χ4v) is 2.15. The van der Waals surface area contributed by atoms with E-state index in [4.69, 9.17) is 5.11 Å². The number of aliphatic carboxylic acids is 1. The lowest BCUT2D eigenvalue weighted by Crippen LogP contribution is -2.36. The zero-order chi connectivity index (χ0) is 15.8. The standard InChI is InChI=1S/C16H22FNO3/c1-3-6-13(16(20)21)10-18-15(19)11(2)9-12-7-4-5-8-14(12)17/h4-5,7-8,11,13H,3,6,9-10H2,1-2H3,(H,18,19)(H,20,21). The number of carbonyl (C=O) groups is 2. The molecule has 0 fully saturated rings. The summed E-state index contributed by atoms with van der Waals surface area (Å²) in [4.78, 5) is 23.0. The minimum absolute atomic E-state index is 0.115. The number of nitrogens with one attached hydrogen (secondary N) is 1. The number of halogens is 1. The third-order valence-electron chi connectivity index (χ3n) is 3.44. The van der Waals surface area contributed by atoms with Gasteiger partial charge >= 0.3 is 5.97 Å². The summed E-state index contributed by atoms with van der Waals surface area (Å²) < 4.78 is 13.5. The van der Waals surface area contributed by atoms with Gasteiger partial charge in [-0.3, -0.25) is 9.59 Å². The molecule has 0 saturated heterocycles. The molecule has 1 amide bonds. The lowest BCUT2D eigenvalue weighted by atomic mass is 9.99. The highest BCUT2D eigenvalue weighted by atomic mass is 19.1. The van der Waals surface area contributed by atoms with E-state index >= 15 is 0 Å². The minimum atomic E-state index is -0.904. The van der Waals surface area contributed by atoms with Crippen molar-refractivity contribution in [1.29, 1.82) is 0 Å². The lowest BCUT2D eigenvalue weighted by Gasteiger charge is -2.16. The van der Waals surface area contributed by atoms with Crippen molar-refractivity contribution in [3.63, 3.8) is 0 Å². The molecule has 0 spiro atoms. The van der Waals surface area contributed by atoms with Crippen LogP contribution in [0.3, 0.4) is 0 Å². The number of carboxylic acid groups (broad SMARTS) is 1. The van der Waals surface area contributed by atoms with E-state index in [0.717, 1.165) is 6.42 Å². The van der Waals surface area contributed by atoms with Crippen molar-refractivity contribution in [2.45, 2.75) is 33.1 Å². The molecule has 1 aromatic carbocycles. The topological polar surface area (TPSA) is 66.4 Å². The van der Waals surface area contributed by atoms with Crippen molar-refractivity contribution in [3.8, 4) is 0 Å². The first-order valence-electron chi connectivity index (χ1n) is 7.19. The van der Waals surface area contributed by atoms with Gasteiger partial charge in [0.1, 0.15) is 5.82 Å². The van der Waals surface area contributed by atoms with Crippen LogP contribution in [0.2, 0.25) is 0 Å². The molecule has 0 aliphatic carbocycles. The van der Waals surface area contributed by atoms with Crippen molar-refractivity contribution in [2.75, 3.05) is 6.54 Å². The molecule has 0 bridgehead atoms. The zero-order valence-corrected chi connectivity index (χ0v) is 12.4. The second-order valence-corrected chi connectivity index (χ2v) is 5.27. The van der Waals surface area contributed by atoms with Crippen LogP contribution in [-0.2, 0) is 16.0 Å². The predicted molar refractivity (Wildman–Crippen MR) is 78.3 cm³/mol. The molecule has 0 heterocycles. The fraction of sp³-hybridized carbons (Fsp3) is 0.500. The Morgan fingerprint density at radius 1 is 1.33 bits per heavy atom. The summed E-state index contributed by atoms with van der Waals surface area (Å²) >= 11 is 0. The highest BCUT2D eigenvalue weighted by molar-refractivity contribution is 5.79. The van der Waals surface area contributed by atoms with Gasteiger partial charge in [0.25, 0.3) is 0 Å². The molecule has 2 N–H and O–H groups in total. The van der Waals surface area contributed by atoms with E-state index in [0.29, 0.717) is 18.4 Å². The Morgan fingerprint density at radius 2 is 2.00 bits per heavy atom. The lowest BCUT2D eigenvalue weighted by molar-refractivity contribution is -0.142. The second kappa shape index (κ2) is 8.39. The molecule has 0 aliphatic heterocycles. The number of amides is 1. The predicted octanol–water partition coefficient (Wildman–Crippen LogP) is 2.62. The van der Waals surface area contributed by atoms with Gasteiger partial charge in [0.05, 0.1) is 5.92 Å². The Labute approximate surface area is 124 Å². The summed E-state index contributed by atoms with van der Waals surface area (Å²) in [6.07, 6.45) is 1.57. The third-order valence-corrected chi connectivity index (χ3v) is 3.44. The van der Waals surface area contributed by atoms with Crippen LogP contribution in [-0.4, -0.2) is 23.5 Å². The first kappa shape index (κ1) is 17.1. The molecule has 21 heavy (non-hydrogen) atoms. The summed E-state index contributed by atoms with van der Waals surface area (Å²) in [5, 5.41) is 11.7. The first-order valence-corrected chi connectivity index (χ1v) is 7.19. The number of hydrogen-bond donors (Lipinski definition) is 2. The highest BCUT2D eigenvalue weighted by Crippen LogP contribution is 2.13. The van der Waals surface area contributed by atoms with Crippen LogP contribution in [0.15, 0.2) is 24.3 Å². The maximum Gasteiger partial charge on any atom is 0.308 e. The summed E-state index contributed by atoms with van der Waals surface area (Å²) in [6.45, 7) is 3.72. The second-order valence-electron chi connectivity index (χ2n) is 5.27. The molecule has 4 nitrogen and oxygen atoms in total. The highest BCUT2D eigenvalue weighted by Gasteiger charge is 2.20. The number of carboxylic acids is 1. The smallest absolute Gasteiger partial charge is 0.308 e. The first-order chi connectivity index (χ1) is 9.95. The van der Waals surface area contributed by atoms with Gasteiger partial charge in [-0.1, -0.05) is 38.5 Å². The molecule has 0 radical (unpaired) electrons. The van der Waals surface area contributed by atoms with E-state index in [1.54, 1.807) is 25.1 Å². The molecule has 0 aromatic heterocycles. The maximum atomic E-state index is 13.5. The van der Waals surface area contributed by atoms with Crippen LogP contribution in [0, 0.1) is 17.7 Å². The van der Waals surface area contributed by atoms with Gasteiger partial charge in [0.15, 0.2) is 0 Å². The van der Waals surface area contributed by atoms with Crippen LogP contribution in [0.1, 0.15) is 32.3 Å². The van der Waals surface area contributed by atoms with Crippen molar-refractivity contribution in [2.24, 2.45) is 11.8 Å². The monoisotopic (exact) mass is 295 g/mol. The molecular weight excluding hydrogens is 273 g/mol. The van der Waals surface area contributed by atoms with Crippen LogP contribution in [0.25, 0.3) is 0 Å². The van der Waals surface area contributed by atoms with Gasteiger partial charge in [0, 0.05) is 12.5 Å². The summed E-state index contributed by atoms with van der Waals surface area (Å²) in [6, 6.07) is 6.34. The Morgan fingerprint density at radius 3 is 2.57 bits per heavy atom. The van der Waals surface area contributed by atoms with E-state index in [1.807, 2.05) is 6.92 Å². The summed E-state index contributed by atoms with van der Waals surface area (Å²) in [5.41, 5.74) is 0.489. The molecule has 5 heteroatoms. The van der Waals surface area contributed by atoms with Gasteiger partial charge in [0.2, 0.25) is 5.91 Å². The molecule has 1 aromatic rings. The molecule has 0 saturated carbocycles. The third kappa shape index (κ3) is 5.53. The van der Waals surface area contributed by atoms with Crippen LogP contribution < -0.4 is 5.32 Å². The molecule has 0 aliphatic rings. The summed E-state index contributed by atoms with van der Waals surface area (Å²) in [5.74, 6) is -2.45. The van der Waals surface area contributed by atoms with Gasteiger partial charge in [-0.2, -0.15) is 0 Å². The van der Waals surface area contributed by atoms with E-state index < -0.39 is 17.8 Å². The van der Waals surface area contributed by atoms with E-state index in [-0.39, 0.29) is 18.3 Å². The number of carbonyl (C=O) groups excluding carboxylic acids is 1. The Balaban J connectivity index is 2.51. The quantitative estimate of drug-likeness (QED) is 0.774. The number of rotatable bonds is 8. The average molecular weight is 295 g/mol. The Bertz CT molecular complexity index is 490. The average Bonchev–Trinajstić information content (AvgIpc) is 2.45. The van der Waals surface area contributed by atoms with E-state index in [2.05, 4.69) is 5.32 Å². The van der Waals surface area contributed by atoms with Crippen LogP contribution in [0.5, 0.6) is 0 Å². The van der Waals surface area contributed by atoms with Crippen molar-refractivity contribution < 1.29 is 19.1 Å². The molecular formula is C16H22FNO3. The minimum Gasteiger partial charge on any atom is -0.481 e. The van der Waals surface area contributed by atoms with Crippen molar-refractivity contribution >= 4 is 11.9 Å². The number of hydrogen-bond acceptors (Lipinski definition) is 2. The molecule has 2 atom stereocenters. The van der Waals surface area contributed by atoms with Crippen molar-refractivity contribution in [1.82, 2.24) is 5.32 Å². The van der Waals surface area contributed by atoms with Gasteiger partial charge in [-0.15, -0.1) is 0 Å². The van der Waals surface area contributed by atoms with Crippen LogP contribution >= 0.6 is 0 Å². The Hall–Kier alpha value is -1.91. The van der Waals surface area contributed by atoms with Gasteiger partial charge in [-0.25, -0.2) is 4.39 Å². The largest absolute Gasteiger partial charge is 0.481 e. The SMILES string of the molecule is CCCC(CNC(=O)C(C)Cc1ccccc1F)C(=O)O. The zero-order valence-electron chi connectivity index (χ0n) is 12.4. The van der Waals surface area contributed by atoms with E-state index in [9.17, 15) is 14.0 Å². The molecule has 2 unspecified atom stereocenters. The maximum absolute atomic E-state index is 13.5. The normalized spacial score (nSPS) is 13.5. The number of benzene rings is 1. The van der Waals surface area contributed by atoms with Gasteiger partial charge < -0.3 is 10.4 Å². The summed E-state index contributed by atoms with van der Waals surface area (Å²) in [7, 11) is 0. The van der Waals surface area contributed by atoms with E-state index in [1.165, 1.54) is 6.07 Å². The van der Waals surface area contributed by atoms with Gasteiger partial charge in [-0.05, 0) is 24.5 Å². The Kier molecular flexibility index (Phi) is 6.85. The van der Waals surface area contributed by atoms with Crippen molar-refractivity contribution in [3.05, 3.63) is 35.6 Å².